The molecule has 1 N–H and O–H groups in total. The number of hydrogen-bond donors (Lipinski definition) is 1. The van der Waals surface area contributed by atoms with Crippen LogP contribution in [-0.2, 0) is 4.57 Å². The summed E-state index contributed by atoms with van der Waals surface area (Å²) in [7, 11) is -0.963. The standard InChI is InChI=1S/C24H28NO2P/c1-17(2)24(26)19-14-15-21-22(16-19)28(27,20-12-8-5-9-13-20)25(3)23(21)18-10-6-4-7-11-18/h4-17,19,21,23-24,26H,1-3H3/t19-,21+,23-,24+,28-/m1/s1. The molecule has 28 heavy (non-hydrogen) atoms. The Labute approximate surface area is 167 Å². The Balaban J connectivity index is 1.87. The smallest absolute Gasteiger partial charge is 0.203 e. The summed E-state index contributed by atoms with van der Waals surface area (Å²) in [5.41, 5.74) is 1.17. The molecule has 1 saturated heterocycles. The first kappa shape index (κ1) is 19.4. The predicted octanol–water partition coefficient (Wildman–Crippen LogP) is 4.98. The maximum Gasteiger partial charge on any atom is 0.203 e. The topological polar surface area (TPSA) is 40.5 Å². The van der Waals surface area contributed by atoms with Gasteiger partial charge in [-0.25, -0.2) is 4.67 Å². The van der Waals surface area contributed by atoms with Gasteiger partial charge in [0.1, 0.15) is 0 Å². The number of fused-ring (bicyclic) bond motifs is 1. The van der Waals surface area contributed by atoms with Crippen molar-refractivity contribution in [2.45, 2.75) is 26.0 Å². The van der Waals surface area contributed by atoms with E-state index in [9.17, 15) is 9.67 Å². The number of aliphatic hydroxyl groups is 1. The van der Waals surface area contributed by atoms with E-state index in [1.165, 1.54) is 5.56 Å². The van der Waals surface area contributed by atoms with Crippen molar-refractivity contribution in [3.05, 3.63) is 89.8 Å². The third-order valence-corrected chi connectivity index (χ3v) is 9.39. The molecule has 146 valence electrons. The molecular formula is C24H28NO2P. The van der Waals surface area contributed by atoms with E-state index in [1.807, 2.05) is 69.4 Å². The Morgan fingerprint density at radius 3 is 2.18 bits per heavy atom. The number of benzene rings is 2. The van der Waals surface area contributed by atoms with E-state index in [-0.39, 0.29) is 23.8 Å². The van der Waals surface area contributed by atoms with E-state index in [0.717, 1.165) is 10.6 Å². The Kier molecular flexibility index (Phi) is 5.18. The number of hydrogen-bond acceptors (Lipinski definition) is 2. The summed E-state index contributed by atoms with van der Waals surface area (Å²) in [4.78, 5) is 0. The zero-order chi connectivity index (χ0) is 19.9. The van der Waals surface area contributed by atoms with Gasteiger partial charge in [0.25, 0.3) is 0 Å². The molecule has 0 spiro atoms. The van der Waals surface area contributed by atoms with Crippen molar-refractivity contribution in [1.29, 1.82) is 0 Å². The second kappa shape index (κ2) is 7.48. The van der Waals surface area contributed by atoms with Crippen molar-refractivity contribution < 1.29 is 9.67 Å². The first-order valence-corrected chi connectivity index (χ1v) is 11.6. The Morgan fingerprint density at radius 2 is 1.57 bits per heavy atom. The molecule has 2 aromatic carbocycles. The summed E-state index contributed by atoms with van der Waals surface area (Å²) in [6, 6.07) is 20.1. The van der Waals surface area contributed by atoms with E-state index < -0.39 is 13.4 Å². The van der Waals surface area contributed by atoms with Crippen LogP contribution in [0, 0.1) is 17.8 Å². The number of rotatable bonds is 4. The maximum atomic E-state index is 14.6. The first-order valence-electron chi connectivity index (χ1n) is 9.97. The highest BCUT2D eigenvalue weighted by molar-refractivity contribution is 7.73. The highest BCUT2D eigenvalue weighted by atomic mass is 31.2. The lowest BCUT2D eigenvalue weighted by Crippen LogP contribution is -2.26. The minimum absolute atomic E-state index is 0.0203. The molecule has 3 nitrogen and oxygen atoms in total. The molecule has 4 rings (SSSR count). The SMILES string of the molecule is CC(C)[C@H](O)[C@@H]1C=C[C@H]2C(=C1)[P@](=O)(c1ccccc1)N(C)[C@@H]2c1ccccc1. The molecule has 0 radical (unpaired) electrons. The molecule has 1 aliphatic heterocycles. The average Bonchev–Trinajstić information content (AvgIpc) is 2.96. The summed E-state index contributed by atoms with van der Waals surface area (Å²) in [5, 5.41) is 12.5. The second-order valence-corrected chi connectivity index (χ2v) is 11.0. The minimum Gasteiger partial charge on any atom is -0.392 e. The lowest BCUT2D eigenvalue weighted by molar-refractivity contribution is 0.0999. The van der Waals surface area contributed by atoms with Crippen LogP contribution < -0.4 is 5.30 Å². The van der Waals surface area contributed by atoms with Crippen molar-refractivity contribution in [1.82, 2.24) is 4.67 Å². The monoisotopic (exact) mass is 393 g/mol. The van der Waals surface area contributed by atoms with Crippen molar-refractivity contribution in [3.63, 3.8) is 0 Å². The first-order chi connectivity index (χ1) is 13.4. The van der Waals surface area contributed by atoms with Crippen LogP contribution in [0.15, 0.2) is 84.2 Å². The number of nitrogens with zero attached hydrogens (tertiary/aromatic N) is 1. The zero-order valence-electron chi connectivity index (χ0n) is 16.6. The van der Waals surface area contributed by atoms with E-state index in [1.54, 1.807) is 0 Å². The van der Waals surface area contributed by atoms with Gasteiger partial charge >= 0.3 is 0 Å². The average molecular weight is 393 g/mol. The molecule has 5 atom stereocenters. The van der Waals surface area contributed by atoms with Gasteiger partial charge in [0.2, 0.25) is 7.29 Å². The minimum atomic E-state index is -2.94. The van der Waals surface area contributed by atoms with Gasteiger partial charge in [-0.3, -0.25) is 4.57 Å². The Bertz CT molecular complexity index is 936. The van der Waals surface area contributed by atoms with Crippen LogP contribution in [0.25, 0.3) is 0 Å². The fourth-order valence-electron chi connectivity index (χ4n) is 4.56. The van der Waals surface area contributed by atoms with Gasteiger partial charge in [-0.1, -0.05) is 80.6 Å². The predicted molar refractivity (Wildman–Crippen MR) is 116 cm³/mol. The van der Waals surface area contributed by atoms with Gasteiger partial charge in [-0.15, -0.1) is 0 Å². The molecule has 0 saturated carbocycles. The van der Waals surface area contributed by atoms with Gasteiger partial charge < -0.3 is 5.11 Å². The Morgan fingerprint density at radius 1 is 0.964 bits per heavy atom. The van der Waals surface area contributed by atoms with Gasteiger partial charge in [0.05, 0.1) is 12.1 Å². The zero-order valence-corrected chi connectivity index (χ0v) is 17.5. The normalized spacial score (nSPS) is 30.9. The van der Waals surface area contributed by atoms with Gasteiger partial charge in [-0.05, 0) is 30.7 Å². The molecule has 1 aliphatic carbocycles. The van der Waals surface area contributed by atoms with Crippen molar-refractivity contribution in [3.8, 4) is 0 Å². The van der Waals surface area contributed by atoms with E-state index >= 15 is 0 Å². The van der Waals surface area contributed by atoms with Crippen LogP contribution in [0.1, 0.15) is 25.5 Å². The largest absolute Gasteiger partial charge is 0.392 e. The fraction of sp³-hybridized carbons (Fsp3) is 0.333. The number of aliphatic hydroxyl groups excluding tert-OH is 1. The molecule has 0 bridgehead atoms. The highest BCUT2D eigenvalue weighted by Gasteiger charge is 2.52. The van der Waals surface area contributed by atoms with Crippen LogP contribution in [0.2, 0.25) is 0 Å². The molecule has 4 heteroatoms. The Hall–Kier alpha value is -1.93. The molecule has 0 amide bonds. The van der Waals surface area contributed by atoms with E-state index in [0.29, 0.717) is 0 Å². The van der Waals surface area contributed by atoms with Crippen LogP contribution in [-0.4, -0.2) is 22.9 Å². The quantitative estimate of drug-likeness (QED) is 0.588. The van der Waals surface area contributed by atoms with Crippen molar-refractivity contribution >= 4 is 12.6 Å². The summed E-state index contributed by atoms with van der Waals surface area (Å²) in [6.07, 6.45) is 5.88. The third kappa shape index (κ3) is 3.03. The molecule has 1 fully saturated rings. The van der Waals surface area contributed by atoms with Crippen molar-refractivity contribution in [2.24, 2.45) is 17.8 Å². The summed E-state index contributed by atoms with van der Waals surface area (Å²) in [5.74, 6) is 0.0866. The molecule has 2 aliphatic rings. The lowest BCUT2D eigenvalue weighted by Gasteiger charge is -2.27. The maximum absolute atomic E-state index is 14.6. The summed E-state index contributed by atoms with van der Waals surface area (Å²) in [6.45, 7) is 4.04. The van der Waals surface area contributed by atoms with E-state index in [2.05, 4.69) is 35.0 Å². The molecular weight excluding hydrogens is 365 g/mol. The van der Waals surface area contributed by atoms with Crippen molar-refractivity contribution in [2.75, 3.05) is 7.05 Å². The van der Waals surface area contributed by atoms with E-state index in [4.69, 9.17) is 0 Å². The second-order valence-electron chi connectivity index (χ2n) is 8.15. The van der Waals surface area contributed by atoms with Crippen LogP contribution >= 0.6 is 7.29 Å². The summed E-state index contributed by atoms with van der Waals surface area (Å²) < 4.78 is 16.6. The molecule has 0 unspecified atom stereocenters. The third-order valence-electron chi connectivity index (χ3n) is 6.11. The van der Waals surface area contributed by atoms with Crippen LogP contribution in [0.5, 0.6) is 0 Å². The van der Waals surface area contributed by atoms with Crippen LogP contribution in [0.3, 0.4) is 0 Å². The van der Waals surface area contributed by atoms with Gasteiger partial charge in [0, 0.05) is 22.5 Å². The lowest BCUT2D eigenvalue weighted by atomic mass is 9.83. The molecule has 2 aromatic rings. The van der Waals surface area contributed by atoms with Gasteiger partial charge in [-0.2, -0.15) is 0 Å². The van der Waals surface area contributed by atoms with Gasteiger partial charge in [0.15, 0.2) is 0 Å². The molecule has 0 aromatic heterocycles. The summed E-state index contributed by atoms with van der Waals surface area (Å²) >= 11 is 0. The van der Waals surface area contributed by atoms with Crippen LogP contribution in [0.4, 0.5) is 0 Å². The highest BCUT2D eigenvalue weighted by Crippen LogP contribution is 2.70. The molecule has 1 heterocycles. The fourth-order valence-corrected chi connectivity index (χ4v) is 7.80.